The van der Waals surface area contributed by atoms with Gasteiger partial charge in [0, 0.05) is 30.8 Å². The van der Waals surface area contributed by atoms with Crippen LogP contribution in [0.1, 0.15) is 43.1 Å². The summed E-state index contributed by atoms with van der Waals surface area (Å²) in [5.41, 5.74) is 0.436. The Kier molecular flexibility index (Phi) is 5.35. The van der Waals surface area contributed by atoms with Crippen molar-refractivity contribution < 1.29 is 14.0 Å². The van der Waals surface area contributed by atoms with Gasteiger partial charge in [-0.3, -0.25) is 9.59 Å². The molecule has 1 aromatic heterocycles. The third-order valence-electron chi connectivity index (χ3n) is 4.58. The first-order valence-electron chi connectivity index (χ1n) is 8.85. The molecule has 0 bridgehead atoms. The van der Waals surface area contributed by atoms with Gasteiger partial charge in [-0.15, -0.1) is 0 Å². The Balaban J connectivity index is 1.66. The molecule has 1 fully saturated rings. The SMILES string of the molecule is CC(C)n1nccc1NC(=O)C1CCCN(C(=O)c2ccc(F)cc2)C1. The number of benzene rings is 1. The molecule has 2 amide bonds. The number of carbonyl (C=O) groups excluding carboxylic acids is 2. The normalized spacial score (nSPS) is 17.4. The standard InChI is InChI=1S/C19H23FN4O2/c1-13(2)24-17(9-10-21-24)22-18(25)15-4-3-11-23(12-15)19(26)14-5-7-16(20)8-6-14/h5-10,13,15H,3-4,11-12H2,1-2H3,(H,22,25). The van der Waals surface area contributed by atoms with E-state index in [2.05, 4.69) is 10.4 Å². The minimum atomic E-state index is -0.376. The highest BCUT2D eigenvalue weighted by molar-refractivity contribution is 5.96. The third kappa shape index (κ3) is 3.92. The Hall–Kier alpha value is -2.70. The highest BCUT2D eigenvalue weighted by Gasteiger charge is 2.29. The van der Waals surface area contributed by atoms with Crippen molar-refractivity contribution in [3.63, 3.8) is 0 Å². The molecule has 1 N–H and O–H groups in total. The van der Waals surface area contributed by atoms with Crippen LogP contribution in [0.3, 0.4) is 0 Å². The lowest BCUT2D eigenvalue weighted by molar-refractivity contribution is -0.121. The number of nitrogens with zero attached hydrogens (tertiary/aromatic N) is 3. The predicted octanol–water partition coefficient (Wildman–Crippen LogP) is 3.09. The topological polar surface area (TPSA) is 67.2 Å². The summed E-state index contributed by atoms with van der Waals surface area (Å²) in [6.45, 7) is 4.94. The maximum absolute atomic E-state index is 13.0. The molecule has 0 spiro atoms. The first-order valence-corrected chi connectivity index (χ1v) is 8.85. The van der Waals surface area contributed by atoms with E-state index in [1.165, 1.54) is 24.3 Å². The van der Waals surface area contributed by atoms with Crippen LogP contribution in [0.25, 0.3) is 0 Å². The van der Waals surface area contributed by atoms with Gasteiger partial charge >= 0.3 is 0 Å². The fourth-order valence-electron chi connectivity index (χ4n) is 3.20. The van der Waals surface area contributed by atoms with Crippen molar-refractivity contribution in [2.75, 3.05) is 18.4 Å². The van der Waals surface area contributed by atoms with Crippen molar-refractivity contribution in [2.45, 2.75) is 32.7 Å². The smallest absolute Gasteiger partial charge is 0.253 e. The second kappa shape index (κ2) is 7.68. The van der Waals surface area contributed by atoms with Crippen LogP contribution in [0.4, 0.5) is 10.2 Å². The average molecular weight is 358 g/mol. The number of carbonyl (C=O) groups is 2. The van der Waals surface area contributed by atoms with E-state index in [4.69, 9.17) is 0 Å². The lowest BCUT2D eigenvalue weighted by Crippen LogP contribution is -2.44. The van der Waals surface area contributed by atoms with Gasteiger partial charge in [-0.2, -0.15) is 5.10 Å². The van der Waals surface area contributed by atoms with Crippen LogP contribution in [0.2, 0.25) is 0 Å². The molecule has 1 unspecified atom stereocenters. The first-order chi connectivity index (χ1) is 12.5. The molecule has 26 heavy (non-hydrogen) atoms. The summed E-state index contributed by atoms with van der Waals surface area (Å²) in [5.74, 6) is -0.270. The number of amides is 2. The van der Waals surface area contributed by atoms with Gasteiger partial charge < -0.3 is 10.2 Å². The fraction of sp³-hybridized carbons (Fsp3) is 0.421. The molecule has 2 heterocycles. The summed E-state index contributed by atoms with van der Waals surface area (Å²) >= 11 is 0. The van der Waals surface area contributed by atoms with E-state index < -0.39 is 0 Å². The number of halogens is 1. The van der Waals surface area contributed by atoms with Gasteiger partial charge in [0.15, 0.2) is 0 Å². The fourth-order valence-corrected chi connectivity index (χ4v) is 3.20. The highest BCUT2D eigenvalue weighted by Crippen LogP contribution is 2.21. The number of likely N-dealkylation sites (tertiary alicyclic amines) is 1. The Morgan fingerprint density at radius 2 is 1.96 bits per heavy atom. The molecular formula is C19H23FN4O2. The van der Waals surface area contributed by atoms with E-state index in [0.29, 0.717) is 24.5 Å². The number of aromatic nitrogens is 2. The Labute approximate surface area is 152 Å². The molecule has 0 saturated carbocycles. The summed E-state index contributed by atoms with van der Waals surface area (Å²) in [5, 5.41) is 7.13. The number of rotatable bonds is 4. The summed E-state index contributed by atoms with van der Waals surface area (Å²) < 4.78 is 14.8. The number of piperidine rings is 1. The summed E-state index contributed by atoms with van der Waals surface area (Å²) in [4.78, 5) is 26.9. The van der Waals surface area contributed by atoms with E-state index in [1.54, 1.807) is 21.8 Å². The zero-order chi connectivity index (χ0) is 18.7. The zero-order valence-corrected chi connectivity index (χ0v) is 15.0. The highest BCUT2D eigenvalue weighted by atomic mass is 19.1. The maximum atomic E-state index is 13.0. The van der Waals surface area contributed by atoms with Gasteiger partial charge in [-0.25, -0.2) is 9.07 Å². The average Bonchev–Trinajstić information content (AvgIpc) is 3.10. The lowest BCUT2D eigenvalue weighted by Gasteiger charge is -2.32. The monoisotopic (exact) mass is 358 g/mol. The Morgan fingerprint density at radius 1 is 1.23 bits per heavy atom. The molecule has 138 valence electrons. The minimum Gasteiger partial charge on any atom is -0.338 e. The molecule has 6 nitrogen and oxygen atoms in total. The second-order valence-corrected chi connectivity index (χ2v) is 6.84. The van der Waals surface area contributed by atoms with Crippen LogP contribution in [-0.2, 0) is 4.79 Å². The maximum Gasteiger partial charge on any atom is 0.253 e. The van der Waals surface area contributed by atoms with Crippen LogP contribution in [0.15, 0.2) is 36.5 Å². The van der Waals surface area contributed by atoms with Gasteiger partial charge in [-0.05, 0) is 51.0 Å². The minimum absolute atomic E-state index is 0.107. The molecule has 1 aliphatic rings. The molecule has 3 rings (SSSR count). The summed E-state index contributed by atoms with van der Waals surface area (Å²) in [7, 11) is 0. The van der Waals surface area contributed by atoms with Crippen molar-refractivity contribution in [3.8, 4) is 0 Å². The van der Waals surface area contributed by atoms with Crippen LogP contribution in [0, 0.1) is 11.7 Å². The van der Waals surface area contributed by atoms with Gasteiger partial charge in [-0.1, -0.05) is 0 Å². The van der Waals surface area contributed by atoms with Gasteiger partial charge in [0.05, 0.1) is 12.1 Å². The van der Waals surface area contributed by atoms with Gasteiger partial charge in [0.2, 0.25) is 5.91 Å². The lowest BCUT2D eigenvalue weighted by atomic mass is 9.96. The molecule has 1 aliphatic heterocycles. The largest absolute Gasteiger partial charge is 0.338 e. The van der Waals surface area contributed by atoms with E-state index >= 15 is 0 Å². The third-order valence-corrected chi connectivity index (χ3v) is 4.58. The summed E-state index contributed by atoms with van der Waals surface area (Å²) in [6.07, 6.45) is 3.14. The van der Waals surface area contributed by atoms with Crippen LogP contribution < -0.4 is 5.32 Å². The zero-order valence-electron chi connectivity index (χ0n) is 15.0. The van der Waals surface area contributed by atoms with Crippen molar-refractivity contribution >= 4 is 17.6 Å². The van der Waals surface area contributed by atoms with Crippen LogP contribution in [0.5, 0.6) is 0 Å². The molecule has 1 atom stereocenters. The molecular weight excluding hydrogens is 335 g/mol. The number of nitrogens with one attached hydrogen (secondary N) is 1. The molecule has 2 aromatic rings. The van der Waals surface area contributed by atoms with Gasteiger partial charge in [0.1, 0.15) is 11.6 Å². The predicted molar refractivity (Wildman–Crippen MR) is 96.3 cm³/mol. The quantitative estimate of drug-likeness (QED) is 0.913. The van der Waals surface area contributed by atoms with E-state index in [-0.39, 0.29) is 29.6 Å². The van der Waals surface area contributed by atoms with Crippen molar-refractivity contribution in [3.05, 3.63) is 47.9 Å². The van der Waals surface area contributed by atoms with Crippen LogP contribution >= 0.6 is 0 Å². The molecule has 7 heteroatoms. The van der Waals surface area contributed by atoms with Crippen molar-refractivity contribution in [1.82, 2.24) is 14.7 Å². The number of anilines is 1. The summed E-state index contributed by atoms with van der Waals surface area (Å²) in [6, 6.07) is 7.40. The first kappa shape index (κ1) is 18.1. The van der Waals surface area contributed by atoms with Crippen molar-refractivity contribution in [1.29, 1.82) is 0 Å². The Bertz CT molecular complexity index is 785. The molecule has 1 saturated heterocycles. The van der Waals surface area contributed by atoms with E-state index in [1.807, 2.05) is 13.8 Å². The van der Waals surface area contributed by atoms with Gasteiger partial charge in [0.25, 0.3) is 5.91 Å². The number of hydrogen-bond acceptors (Lipinski definition) is 3. The molecule has 0 radical (unpaired) electrons. The second-order valence-electron chi connectivity index (χ2n) is 6.84. The Morgan fingerprint density at radius 3 is 2.65 bits per heavy atom. The van der Waals surface area contributed by atoms with Crippen LogP contribution in [-0.4, -0.2) is 39.6 Å². The number of hydrogen-bond donors (Lipinski definition) is 1. The van der Waals surface area contributed by atoms with Crippen molar-refractivity contribution in [2.24, 2.45) is 5.92 Å². The van der Waals surface area contributed by atoms with E-state index in [0.717, 1.165) is 12.8 Å². The molecule has 0 aliphatic carbocycles. The van der Waals surface area contributed by atoms with E-state index in [9.17, 15) is 14.0 Å². The molecule has 1 aromatic carbocycles.